The SMILES string of the molecule is CCCN(CCCOc1ccc(N)cc1)C1CC1. The highest BCUT2D eigenvalue weighted by molar-refractivity contribution is 5.41. The van der Waals surface area contributed by atoms with Gasteiger partial charge in [-0.1, -0.05) is 6.92 Å². The Kier molecular flexibility index (Phi) is 4.88. The van der Waals surface area contributed by atoms with Crippen molar-refractivity contribution in [1.29, 1.82) is 0 Å². The molecule has 3 nitrogen and oxygen atoms in total. The minimum absolute atomic E-state index is 0.783. The molecule has 1 aliphatic rings. The summed E-state index contributed by atoms with van der Waals surface area (Å²) < 4.78 is 5.71. The Morgan fingerprint density at radius 2 is 1.94 bits per heavy atom. The van der Waals surface area contributed by atoms with Gasteiger partial charge in [-0.2, -0.15) is 0 Å². The molecular formula is C15H24N2O. The smallest absolute Gasteiger partial charge is 0.119 e. The van der Waals surface area contributed by atoms with E-state index < -0.39 is 0 Å². The number of nitrogens with zero attached hydrogens (tertiary/aromatic N) is 1. The minimum atomic E-state index is 0.783. The van der Waals surface area contributed by atoms with Gasteiger partial charge in [-0.25, -0.2) is 0 Å². The fourth-order valence-corrected chi connectivity index (χ4v) is 2.23. The number of hydrogen-bond donors (Lipinski definition) is 1. The summed E-state index contributed by atoms with van der Waals surface area (Å²) in [6.07, 6.45) is 5.12. The molecule has 0 unspecified atom stereocenters. The highest BCUT2D eigenvalue weighted by atomic mass is 16.5. The van der Waals surface area contributed by atoms with Gasteiger partial charge in [0, 0.05) is 18.3 Å². The number of nitrogen functional groups attached to an aromatic ring is 1. The van der Waals surface area contributed by atoms with Crippen LogP contribution in [0, 0.1) is 0 Å². The third-order valence-corrected chi connectivity index (χ3v) is 3.31. The van der Waals surface area contributed by atoms with E-state index in [9.17, 15) is 0 Å². The van der Waals surface area contributed by atoms with Crippen LogP contribution in [0.3, 0.4) is 0 Å². The van der Waals surface area contributed by atoms with Gasteiger partial charge in [-0.3, -0.25) is 0 Å². The van der Waals surface area contributed by atoms with E-state index in [0.29, 0.717) is 0 Å². The van der Waals surface area contributed by atoms with Crippen molar-refractivity contribution >= 4 is 5.69 Å². The van der Waals surface area contributed by atoms with Crippen molar-refractivity contribution in [1.82, 2.24) is 4.90 Å². The average Bonchev–Trinajstić information content (AvgIpc) is 3.19. The van der Waals surface area contributed by atoms with Crippen molar-refractivity contribution in [3.8, 4) is 5.75 Å². The highest BCUT2D eigenvalue weighted by Gasteiger charge is 2.27. The number of anilines is 1. The Morgan fingerprint density at radius 3 is 2.56 bits per heavy atom. The average molecular weight is 248 g/mol. The normalized spacial score (nSPS) is 15.0. The predicted octanol–water partition coefficient (Wildman–Crippen LogP) is 2.91. The van der Waals surface area contributed by atoms with Crippen molar-refractivity contribution in [3.05, 3.63) is 24.3 Å². The molecule has 0 spiro atoms. The van der Waals surface area contributed by atoms with E-state index in [-0.39, 0.29) is 0 Å². The van der Waals surface area contributed by atoms with Gasteiger partial charge < -0.3 is 15.4 Å². The molecule has 0 radical (unpaired) electrons. The molecule has 0 heterocycles. The fraction of sp³-hybridized carbons (Fsp3) is 0.600. The van der Waals surface area contributed by atoms with E-state index in [4.69, 9.17) is 10.5 Å². The summed E-state index contributed by atoms with van der Waals surface area (Å²) in [5.41, 5.74) is 6.42. The molecule has 1 saturated carbocycles. The molecule has 1 aliphatic carbocycles. The quantitative estimate of drug-likeness (QED) is 0.568. The minimum Gasteiger partial charge on any atom is -0.494 e. The van der Waals surface area contributed by atoms with E-state index >= 15 is 0 Å². The molecule has 100 valence electrons. The van der Waals surface area contributed by atoms with Crippen LogP contribution >= 0.6 is 0 Å². The summed E-state index contributed by atoms with van der Waals surface area (Å²) in [5, 5.41) is 0. The third-order valence-electron chi connectivity index (χ3n) is 3.31. The first kappa shape index (κ1) is 13.2. The summed E-state index contributed by atoms with van der Waals surface area (Å²) in [7, 11) is 0. The van der Waals surface area contributed by atoms with Gasteiger partial charge >= 0.3 is 0 Å². The van der Waals surface area contributed by atoms with Crippen LogP contribution < -0.4 is 10.5 Å². The molecule has 0 aromatic heterocycles. The molecule has 3 heteroatoms. The van der Waals surface area contributed by atoms with E-state index in [1.165, 1.54) is 25.8 Å². The molecule has 2 rings (SSSR count). The molecule has 0 saturated heterocycles. The van der Waals surface area contributed by atoms with E-state index in [1.54, 1.807) is 0 Å². The second-order valence-electron chi connectivity index (χ2n) is 5.04. The van der Waals surface area contributed by atoms with Crippen LogP contribution in [-0.4, -0.2) is 30.6 Å². The molecule has 2 N–H and O–H groups in total. The molecule has 1 aromatic rings. The Labute approximate surface area is 110 Å². The van der Waals surface area contributed by atoms with E-state index in [2.05, 4.69) is 11.8 Å². The topological polar surface area (TPSA) is 38.5 Å². The van der Waals surface area contributed by atoms with E-state index in [1.807, 2.05) is 24.3 Å². The van der Waals surface area contributed by atoms with Crippen LogP contribution in [0.25, 0.3) is 0 Å². The van der Waals surface area contributed by atoms with Crippen molar-refractivity contribution in [3.63, 3.8) is 0 Å². The Morgan fingerprint density at radius 1 is 1.22 bits per heavy atom. The van der Waals surface area contributed by atoms with Crippen LogP contribution in [0.1, 0.15) is 32.6 Å². The Hall–Kier alpha value is -1.22. The lowest BCUT2D eigenvalue weighted by Crippen LogP contribution is -2.28. The zero-order valence-electron chi connectivity index (χ0n) is 11.3. The third kappa shape index (κ3) is 4.22. The largest absolute Gasteiger partial charge is 0.494 e. The maximum absolute atomic E-state index is 5.71. The monoisotopic (exact) mass is 248 g/mol. The summed E-state index contributed by atoms with van der Waals surface area (Å²) in [5.74, 6) is 0.915. The number of ether oxygens (including phenoxy) is 1. The van der Waals surface area contributed by atoms with Crippen molar-refractivity contribution < 1.29 is 4.74 Å². The maximum Gasteiger partial charge on any atom is 0.119 e. The van der Waals surface area contributed by atoms with Gasteiger partial charge in [-0.15, -0.1) is 0 Å². The standard InChI is InChI=1S/C15H24N2O/c1-2-10-17(14-6-7-14)11-3-12-18-15-8-4-13(16)5-9-15/h4-5,8-9,14H,2-3,6-7,10-12,16H2,1H3. The lowest BCUT2D eigenvalue weighted by atomic mass is 10.3. The first-order valence-electron chi connectivity index (χ1n) is 7.02. The number of hydrogen-bond acceptors (Lipinski definition) is 3. The van der Waals surface area contributed by atoms with Gasteiger partial charge in [-0.05, 0) is 56.5 Å². The summed E-state index contributed by atoms with van der Waals surface area (Å²) in [4.78, 5) is 2.60. The maximum atomic E-state index is 5.71. The van der Waals surface area contributed by atoms with Gasteiger partial charge in [0.25, 0.3) is 0 Å². The van der Waals surface area contributed by atoms with Crippen molar-refractivity contribution in [2.45, 2.75) is 38.6 Å². The second-order valence-corrected chi connectivity index (χ2v) is 5.04. The molecule has 0 atom stereocenters. The summed E-state index contributed by atoms with van der Waals surface area (Å²) in [6.45, 7) is 5.43. The second kappa shape index (κ2) is 6.64. The zero-order chi connectivity index (χ0) is 12.8. The van der Waals surface area contributed by atoms with Crippen molar-refractivity contribution in [2.24, 2.45) is 0 Å². The Bertz CT molecular complexity index is 346. The molecule has 0 bridgehead atoms. The molecule has 1 fully saturated rings. The van der Waals surface area contributed by atoms with Crippen molar-refractivity contribution in [2.75, 3.05) is 25.4 Å². The van der Waals surface area contributed by atoms with Crippen LogP contribution in [0.15, 0.2) is 24.3 Å². The van der Waals surface area contributed by atoms with Crippen LogP contribution in [-0.2, 0) is 0 Å². The van der Waals surface area contributed by atoms with Gasteiger partial charge in [0.2, 0.25) is 0 Å². The summed E-state index contributed by atoms with van der Waals surface area (Å²) >= 11 is 0. The number of rotatable bonds is 8. The van der Waals surface area contributed by atoms with Crippen LogP contribution in [0.4, 0.5) is 5.69 Å². The molecule has 1 aromatic carbocycles. The van der Waals surface area contributed by atoms with Crippen LogP contribution in [0.2, 0.25) is 0 Å². The molecule has 18 heavy (non-hydrogen) atoms. The fourth-order valence-electron chi connectivity index (χ4n) is 2.23. The predicted molar refractivity (Wildman–Crippen MR) is 75.9 cm³/mol. The number of benzene rings is 1. The van der Waals surface area contributed by atoms with E-state index in [0.717, 1.165) is 37.1 Å². The van der Waals surface area contributed by atoms with Gasteiger partial charge in [0.1, 0.15) is 5.75 Å². The van der Waals surface area contributed by atoms with Gasteiger partial charge in [0.05, 0.1) is 6.61 Å². The van der Waals surface area contributed by atoms with Crippen LogP contribution in [0.5, 0.6) is 5.75 Å². The molecule has 0 amide bonds. The highest BCUT2D eigenvalue weighted by Crippen LogP contribution is 2.26. The Balaban J connectivity index is 1.64. The molecule has 0 aliphatic heterocycles. The zero-order valence-corrected chi connectivity index (χ0v) is 11.3. The summed E-state index contributed by atoms with van der Waals surface area (Å²) in [6, 6.07) is 8.48. The van der Waals surface area contributed by atoms with Gasteiger partial charge in [0.15, 0.2) is 0 Å². The molecular weight excluding hydrogens is 224 g/mol. The lowest BCUT2D eigenvalue weighted by Gasteiger charge is -2.21. The first-order valence-corrected chi connectivity index (χ1v) is 7.02. The lowest BCUT2D eigenvalue weighted by molar-refractivity contribution is 0.227. The first-order chi connectivity index (χ1) is 8.79. The number of nitrogens with two attached hydrogens (primary N) is 1.